The van der Waals surface area contributed by atoms with Crippen LogP contribution < -0.4 is 0 Å². The Bertz CT molecular complexity index is 267. The number of rotatable bonds is 2. The van der Waals surface area contributed by atoms with Gasteiger partial charge >= 0.3 is 0 Å². The third-order valence-electron chi connectivity index (χ3n) is 1.93. The minimum atomic E-state index is -0.0709. The predicted molar refractivity (Wildman–Crippen MR) is 41.4 cm³/mol. The molecular formula is C7H9ClN2O. The summed E-state index contributed by atoms with van der Waals surface area (Å²) in [5.74, 6) is 0.539. The number of halogens is 1. The molecule has 4 heteroatoms. The first kappa shape index (κ1) is 7.13. The van der Waals surface area contributed by atoms with Crippen LogP contribution in [0.4, 0.5) is 0 Å². The van der Waals surface area contributed by atoms with E-state index in [9.17, 15) is 0 Å². The maximum Gasteiger partial charge on any atom is 0.136 e. The Morgan fingerprint density at radius 1 is 1.73 bits per heavy atom. The van der Waals surface area contributed by atoms with Crippen molar-refractivity contribution < 1.29 is 5.11 Å². The lowest BCUT2D eigenvalue weighted by Gasteiger charge is -2.01. The predicted octanol–water partition coefficient (Wildman–Crippen LogP) is 1.36. The van der Waals surface area contributed by atoms with Gasteiger partial charge < -0.3 is 5.11 Å². The van der Waals surface area contributed by atoms with Crippen molar-refractivity contribution in [1.82, 2.24) is 9.78 Å². The zero-order chi connectivity index (χ0) is 7.84. The fourth-order valence-corrected chi connectivity index (χ4v) is 1.54. The van der Waals surface area contributed by atoms with E-state index < -0.39 is 0 Å². The molecule has 1 heterocycles. The standard InChI is InChI=1S/C7H9ClN2O/c8-6-3-9-10(4-11)7(6)5-1-2-5/h3,5,11H,1-2,4H2. The molecule has 0 radical (unpaired) electrons. The van der Waals surface area contributed by atoms with Gasteiger partial charge in [0, 0.05) is 5.92 Å². The monoisotopic (exact) mass is 172 g/mol. The van der Waals surface area contributed by atoms with Gasteiger partial charge in [-0.25, -0.2) is 4.68 Å². The van der Waals surface area contributed by atoms with Gasteiger partial charge in [-0.2, -0.15) is 5.10 Å². The molecule has 0 saturated heterocycles. The van der Waals surface area contributed by atoms with Crippen LogP contribution in [0.15, 0.2) is 6.20 Å². The summed E-state index contributed by atoms with van der Waals surface area (Å²) in [6, 6.07) is 0. The van der Waals surface area contributed by atoms with Crippen LogP contribution in [0.25, 0.3) is 0 Å². The van der Waals surface area contributed by atoms with Gasteiger partial charge in [0.25, 0.3) is 0 Å². The van der Waals surface area contributed by atoms with Gasteiger partial charge in [-0.15, -0.1) is 0 Å². The molecule has 1 saturated carbocycles. The van der Waals surface area contributed by atoms with E-state index in [0.29, 0.717) is 10.9 Å². The minimum Gasteiger partial charge on any atom is -0.374 e. The smallest absolute Gasteiger partial charge is 0.136 e. The number of nitrogens with zero attached hydrogens (tertiary/aromatic N) is 2. The van der Waals surface area contributed by atoms with Crippen LogP contribution >= 0.6 is 11.6 Å². The maximum absolute atomic E-state index is 8.85. The second-order valence-electron chi connectivity index (χ2n) is 2.79. The van der Waals surface area contributed by atoms with E-state index in [-0.39, 0.29) is 6.73 Å². The van der Waals surface area contributed by atoms with Crippen molar-refractivity contribution in [2.75, 3.05) is 0 Å². The zero-order valence-electron chi connectivity index (χ0n) is 6.00. The lowest BCUT2D eigenvalue weighted by molar-refractivity contribution is 0.191. The molecule has 0 spiro atoms. The molecule has 2 rings (SSSR count). The van der Waals surface area contributed by atoms with Crippen molar-refractivity contribution in [3.8, 4) is 0 Å². The number of aliphatic hydroxyl groups is 1. The quantitative estimate of drug-likeness (QED) is 0.732. The second kappa shape index (κ2) is 2.50. The molecule has 1 aromatic rings. The molecule has 0 bridgehead atoms. The highest BCUT2D eigenvalue weighted by atomic mass is 35.5. The van der Waals surface area contributed by atoms with Gasteiger partial charge in [0.05, 0.1) is 16.9 Å². The van der Waals surface area contributed by atoms with E-state index in [1.807, 2.05) is 0 Å². The summed E-state index contributed by atoms with van der Waals surface area (Å²) < 4.78 is 1.56. The third kappa shape index (κ3) is 1.14. The summed E-state index contributed by atoms with van der Waals surface area (Å²) >= 11 is 5.86. The van der Waals surface area contributed by atoms with Crippen molar-refractivity contribution in [3.63, 3.8) is 0 Å². The highest BCUT2D eigenvalue weighted by molar-refractivity contribution is 6.31. The van der Waals surface area contributed by atoms with Crippen molar-refractivity contribution in [2.24, 2.45) is 0 Å². The SMILES string of the molecule is OCn1ncc(Cl)c1C1CC1. The average molecular weight is 173 g/mol. The number of hydrogen-bond donors (Lipinski definition) is 1. The number of aliphatic hydroxyl groups excluding tert-OH is 1. The summed E-state index contributed by atoms with van der Waals surface area (Å²) in [5.41, 5.74) is 0.995. The van der Waals surface area contributed by atoms with Gasteiger partial charge in [-0.05, 0) is 12.8 Å². The van der Waals surface area contributed by atoms with Crippen molar-refractivity contribution in [1.29, 1.82) is 0 Å². The molecule has 0 atom stereocenters. The lowest BCUT2D eigenvalue weighted by Crippen LogP contribution is -2.02. The van der Waals surface area contributed by atoms with Crippen LogP contribution in [0, 0.1) is 0 Å². The molecule has 1 aromatic heterocycles. The summed E-state index contributed by atoms with van der Waals surface area (Å²) in [6.07, 6.45) is 3.93. The highest BCUT2D eigenvalue weighted by Gasteiger charge is 2.29. The third-order valence-corrected chi connectivity index (χ3v) is 2.22. The molecule has 0 amide bonds. The van der Waals surface area contributed by atoms with E-state index in [2.05, 4.69) is 5.10 Å². The average Bonchev–Trinajstić information content (AvgIpc) is 2.76. The molecule has 1 fully saturated rings. The summed E-state index contributed by atoms with van der Waals surface area (Å²) in [5, 5.41) is 13.5. The maximum atomic E-state index is 8.85. The van der Waals surface area contributed by atoms with Gasteiger partial charge in [0.2, 0.25) is 0 Å². The van der Waals surface area contributed by atoms with Crippen LogP contribution in [0.5, 0.6) is 0 Å². The lowest BCUT2D eigenvalue weighted by atomic mass is 10.3. The Morgan fingerprint density at radius 2 is 2.45 bits per heavy atom. The molecular weight excluding hydrogens is 164 g/mol. The van der Waals surface area contributed by atoms with E-state index in [0.717, 1.165) is 5.69 Å². The van der Waals surface area contributed by atoms with E-state index in [1.165, 1.54) is 12.8 Å². The van der Waals surface area contributed by atoms with Crippen molar-refractivity contribution in [2.45, 2.75) is 25.5 Å². The topological polar surface area (TPSA) is 38.0 Å². The van der Waals surface area contributed by atoms with E-state index in [4.69, 9.17) is 16.7 Å². The molecule has 60 valence electrons. The van der Waals surface area contributed by atoms with E-state index in [1.54, 1.807) is 10.9 Å². The van der Waals surface area contributed by atoms with E-state index >= 15 is 0 Å². The Balaban J connectivity index is 2.38. The first-order valence-electron chi connectivity index (χ1n) is 3.65. The summed E-state index contributed by atoms with van der Waals surface area (Å²) in [7, 11) is 0. The highest BCUT2D eigenvalue weighted by Crippen LogP contribution is 2.42. The second-order valence-corrected chi connectivity index (χ2v) is 3.20. The molecule has 0 unspecified atom stereocenters. The number of hydrogen-bond acceptors (Lipinski definition) is 2. The first-order valence-corrected chi connectivity index (χ1v) is 4.03. The fraction of sp³-hybridized carbons (Fsp3) is 0.571. The fourth-order valence-electron chi connectivity index (χ4n) is 1.25. The number of aromatic nitrogens is 2. The summed E-state index contributed by atoms with van der Waals surface area (Å²) in [6.45, 7) is -0.0709. The normalized spacial score (nSPS) is 17.3. The van der Waals surface area contributed by atoms with Crippen LogP contribution in [-0.2, 0) is 6.73 Å². The minimum absolute atomic E-state index is 0.0709. The van der Waals surface area contributed by atoms with Gasteiger partial charge in [0.1, 0.15) is 6.73 Å². The Labute approximate surface area is 69.6 Å². The van der Waals surface area contributed by atoms with Crippen LogP contribution in [0.2, 0.25) is 5.02 Å². The summed E-state index contributed by atoms with van der Waals surface area (Å²) in [4.78, 5) is 0. The molecule has 11 heavy (non-hydrogen) atoms. The largest absolute Gasteiger partial charge is 0.374 e. The van der Waals surface area contributed by atoms with Crippen molar-refractivity contribution in [3.05, 3.63) is 16.9 Å². The first-order chi connectivity index (χ1) is 5.33. The Morgan fingerprint density at radius 3 is 3.00 bits per heavy atom. The molecule has 0 aliphatic heterocycles. The van der Waals surface area contributed by atoms with Crippen LogP contribution in [0.1, 0.15) is 24.5 Å². The van der Waals surface area contributed by atoms with Gasteiger partial charge in [-0.3, -0.25) is 0 Å². The molecule has 1 N–H and O–H groups in total. The molecule has 1 aliphatic rings. The van der Waals surface area contributed by atoms with Gasteiger partial charge in [-0.1, -0.05) is 11.6 Å². The van der Waals surface area contributed by atoms with Crippen molar-refractivity contribution >= 4 is 11.6 Å². The Kier molecular flexibility index (Phi) is 1.62. The molecule has 1 aliphatic carbocycles. The molecule has 0 aromatic carbocycles. The van der Waals surface area contributed by atoms with Crippen LogP contribution in [-0.4, -0.2) is 14.9 Å². The van der Waals surface area contributed by atoms with Crippen LogP contribution in [0.3, 0.4) is 0 Å². The Hall–Kier alpha value is -0.540. The molecule has 3 nitrogen and oxygen atoms in total. The van der Waals surface area contributed by atoms with Gasteiger partial charge in [0.15, 0.2) is 0 Å². The zero-order valence-corrected chi connectivity index (χ0v) is 6.75.